The first kappa shape index (κ1) is 22.0. The quantitative estimate of drug-likeness (QED) is 0.575. The van der Waals surface area contributed by atoms with Crippen molar-refractivity contribution >= 4 is 29.3 Å². The maximum absolute atomic E-state index is 13.3. The molecule has 3 aromatic rings. The molecule has 2 N–H and O–H groups in total. The number of rotatable bonds is 6. The van der Waals surface area contributed by atoms with Crippen molar-refractivity contribution in [2.24, 2.45) is 4.99 Å². The second kappa shape index (κ2) is 9.60. The molecular formula is C24H27FN8O. The molecule has 0 unspecified atom stereocenters. The minimum atomic E-state index is -0.265. The second-order valence-electron chi connectivity index (χ2n) is 8.46. The van der Waals surface area contributed by atoms with Crippen LogP contribution in [-0.4, -0.2) is 65.5 Å². The molecule has 1 fully saturated rings. The van der Waals surface area contributed by atoms with E-state index in [9.17, 15) is 4.39 Å². The topological polar surface area (TPSA) is 94.7 Å². The average Bonchev–Trinajstić information content (AvgIpc) is 3.52. The van der Waals surface area contributed by atoms with Gasteiger partial charge in [0.15, 0.2) is 0 Å². The third kappa shape index (κ3) is 5.07. The van der Waals surface area contributed by atoms with Crippen LogP contribution in [0.1, 0.15) is 24.3 Å². The molecule has 1 aromatic carbocycles. The fourth-order valence-corrected chi connectivity index (χ4v) is 3.89. The van der Waals surface area contributed by atoms with Crippen LogP contribution in [0.4, 0.5) is 22.2 Å². The molecule has 0 aliphatic carbocycles. The Balaban J connectivity index is 1.38. The summed E-state index contributed by atoms with van der Waals surface area (Å²) in [4.78, 5) is 22.9. The molecule has 0 saturated carbocycles. The van der Waals surface area contributed by atoms with Crippen LogP contribution in [0.2, 0.25) is 0 Å². The normalized spacial score (nSPS) is 17.3. The molecule has 34 heavy (non-hydrogen) atoms. The largest absolute Gasteiger partial charge is 0.465 e. The molecule has 5 rings (SSSR count). The number of aromatic nitrogens is 3. The lowest BCUT2D eigenvalue weighted by Crippen LogP contribution is -2.45. The van der Waals surface area contributed by atoms with E-state index in [-0.39, 0.29) is 11.9 Å². The summed E-state index contributed by atoms with van der Waals surface area (Å²) in [6, 6.07) is 10.1. The smallest absolute Gasteiger partial charge is 0.234 e. The summed E-state index contributed by atoms with van der Waals surface area (Å²) in [5.41, 5.74) is 1.92. The Morgan fingerprint density at radius 3 is 2.50 bits per heavy atom. The van der Waals surface area contributed by atoms with Gasteiger partial charge >= 0.3 is 0 Å². The highest BCUT2D eigenvalue weighted by molar-refractivity contribution is 6.09. The van der Waals surface area contributed by atoms with E-state index in [2.05, 4.69) is 47.4 Å². The molecule has 9 nitrogen and oxygen atoms in total. The average molecular weight is 463 g/mol. The van der Waals surface area contributed by atoms with Crippen molar-refractivity contribution in [2.45, 2.75) is 13.0 Å². The van der Waals surface area contributed by atoms with Crippen LogP contribution in [-0.2, 0) is 0 Å². The number of nitrogens with zero attached hydrogens (tertiary/aromatic N) is 6. The molecule has 0 bridgehead atoms. The molecule has 176 valence electrons. The van der Waals surface area contributed by atoms with Gasteiger partial charge in [0, 0.05) is 31.8 Å². The van der Waals surface area contributed by atoms with Crippen molar-refractivity contribution in [3.8, 4) is 0 Å². The monoisotopic (exact) mass is 462 g/mol. The summed E-state index contributed by atoms with van der Waals surface area (Å²) >= 11 is 0. The van der Waals surface area contributed by atoms with Gasteiger partial charge in [0.05, 0.1) is 18.8 Å². The third-order valence-corrected chi connectivity index (χ3v) is 5.93. The molecule has 0 radical (unpaired) electrons. The maximum atomic E-state index is 13.3. The summed E-state index contributed by atoms with van der Waals surface area (Å²) in [6.45, 7) is 6.04. The standard InChI is InChI=1S/C24H27FN8O/c1-16(17-5-7-19(25)8-6-17)27-22-29-23(31-24(30-22)33-11-9-32(2)10-12-33)28-21-14-18(15-26-21)20-4-3-13-34-20/h3-8,13-14,16H,9-12,15H2,1-2H3,(H2,26,27,28,29,30,31)/t16-/m1/s1. The summed E-state index contributed by atoms with van der Waals surface area (Å²) in [6.07, 6.45) is 3.59. The molecule has 1 saturated heterocycles. The third-order valence-electron chi connectivity index (χ3n) is 5.93. The number of halogens is 1. The fraction of sp³-hybridized carbons (Fsp3) is 0.333. The van der Waals surface area contributed by atoms with E-state index >= 15 is 0 Å². The number of benzene rings is 1. The summed E-state index contributed by atoms with van der Waals surface area (Å²) in [7, 11) is 2.11. The first-order valence-electron chi connectivity index (χ1n) is 11.3. The van der Waals surface area contributed by atoms with Gasteiger partial charge in [-0.05, 0) is 49.9 Å². The predicted molar refractivity (Wildman–Crippen MR) is 131 cm³/mol. The van der Waals surface area contributed by atoms with E-state index in [1.165, 1.54) is 12.1 Å². The van der Waals surface area contributed by atoms with Crippen LogP contribution in [0.5, 0.6) is 0 Å². The first-order chi connectivity index (χ1) is 16.5. The van der Waals surface area contributed by atoms with Crippen molar-refractivity contribution in [2.75, 3.05) is 55.3 Å². The summed E-state index contributed by atoms with van der Waals surface area (Å²) in [5, 5.41) is 6.56. The Labute approximate surface area is 197 Å². The van der Waals surface area contributed by atoms with Crippen LogP contribution in [0, 0.1) is 5.82 Å². The molecule has 2 aliphatic rings. The van der Waals surface area contributed by atoms with Gasteiger partial charge in [-0.2, -0.15) is 15.0 Å². The van der Waals surface area contributed by atoms with Gasteiger partial charge < -0.3 is 24.9 Å². The van der Waals surface area contributed by atoms with Gasteiger partial charge in [-0.3, -0.25) is 4.99 Å². The number of amidine groups is 1. The Bertz CT molecular complexity index is 1180. The summed E-state index contributed by atoms with van der Waals surface area (Å²) < 4.78 is 18.8. The van der Waals surface area contributed by atoms with Gasteiger partial charge in [-0.15, -0.1) is 0 Å². The SMILES string of the molecule is C[C@@H](Nc1nc(NC2=NCC(c3ccco3)=C2)nc(N2CCN(C)CC2)n1)c1ccc(F)cc1. The zero-order chi connectivity index (χ0) is 23.5. The number of furan rings is 1. The zero-order valence-corrected chi connectivity index (χ0v) is 19.2. The van der Waals surface area contributed by atoms with E-state index in [0.29, 0.717) is 30.2 Å². The predicted octanol–water partition coefficient (Wildman–Crippen LogP) is 3.44. The van der Waals surface area contributed by atoms with E-state index in [1.54, 1.807) is 18.4 Å². The van der Waals surface area contributed by atoms with Gasteiger partial charge in [0.25, 0.3) is 0 Å². The number of hydrogen-bond donors (Lipinski definition) is 2. The van der Waals surface area contributed by atoms with E-state index < -0.39 is 0 Å². The minimum absolute atomic E-state index is 0.120. The highest BCUT2D eigenvalue weighted by Crippen LogP contribution is 2.23. The minimum Gasteiger partial charge on any atom is -0.465 e. The maximum Gasteiger partial charge on any atom is 0.234 e. The summed E-state index contributed by atoms with van der Waals surface area (Å²) in [5.74, 6) is 2.65. The van der Waals surface area contributed by atoms with Crippen LogP contribution < -0.4 is 15.5 Å². The lowest BCUT2D eigenvalue weighted by atomic mass is 10.1. The van der Waals surface area contributed by atoms with Crippen LogP contribution >= 0.6 is 0 Å². The van der Waals surface area contributed by atoms with Gasteiger partial charge in [-0.25, -0.2) is 4.39 Å². The molecule has 1 atom stereocenters. The van der Waals surface area contributed by atoms with Crippen LogP contribution in [0.25, 0.3) is 5.57 Å². The van der Waals surface area contributed by atoms with E-state index in [4.69, 9.17) is 4.42 Å². The van der Waals surface area contributed by atoms with Crippen molar-refractivity contribution < 1.29 is 8.81 Å². The van der Waals surface area contributed by atoms with Gasteiger partial charge in [0.1, 0.15) is 17.4 Å². The number of piperazine rings is 1. The van der Waals surface area contributed by atoms with Crippen LogP contribution in [0.15, 0.2) is 58.1 Å². The van der Waals surface area contributed by atoms with Crippen molar-refractivity contribution in [3.63, 3.8) is 0 Å². The molecule has 0 amide bonds. The lowest BCUT2D eigenvalue weighted by Gasteiger charge is -2.32. The highest BCUT2D eigenvalue weighted by atomic mass is 19.1. The Kier molecular flexibility index (Phi) is 6.22. The van der Waals surface area contributed by atoms with Crippen molar-refractivity contribution in [1.29, 1.82) is 0 Å². The number of hydrogen-bond acceptors (Lipinski definition) is 9. The molecule has 4 heterocycles. The zero-order valence-electron chi connectivity index (χ0n) is 19.2. The van der Waals surface area contributed by atoms with E-state index in [1.807, 2.05) is 25.1 Å². The van der Waals surface area contributed by atoms with E-state index in [0.717, 1.165) is 43.1 Å². The molecule has 2 aliphatic heterocycles. The second-order valence-corrected chi connectivity index (χ2v) is 8.46. The van der Waals surface area contributed by atoms with Crippen molar-refractivity contribution in [1.82, 2.24) is 19.9 Å². The Morgan fingerprint density at radius 1 is 1.00 bits per heavy atom. The van der Waals surface area contributed by atoms with Crippen LogP contribution in [0.3, 0.4) is 0 Å². The molecule has 0 spiro atoms. The molecule has 10 heteroatoms. The number of likely N-dealkylation sites (N-methyl/N-ethyl adjacent to an activating group) is 1. The number of nitrogens with one attached hydrogen (secondary N) is 2. The van der Waals surface area contributed by atoms with Gasteiger partial charge in [-0.1, -0.05) is 12.1 Å². The molecule has 2 aromatic heterocycles. The fourth-order valence-electron chi connectivity index (χ4n) is 3.89. The van der Waals surface area contributed by atoms with Gasteiger partial charge in [0.2, 0.25) is 17.8 Å². The Morgan fingerprint density at radius 2 is 1.76 bits per heavy atom. The van der Waals surface area contributed by atoms with Crippen molar-refractivity contribution in [3.05, 3.63) is 65.9 Å². The molecular weight excluding hydrogens is 435 g/mol. The number of anilines is 3. The lowest BCUT2D eigenvalue weighted by molar-refractivity contribution is 0.311. The first-order valence-corrected chi connectivity index (χ1v) is 11.3. The highest BCUT2D eigenvalue weighted by Gasteiger charge is 2.20. The Hall–Kier alpha value is -3.79. The number of aliphatic imine (C=N–C) groups is 1.